The summed E-state index contributed by atoms with van der Waals surface area (Å²) in [6, 6.07) is 21.2. The van der Waals surface area contributed by atoms with Crippen LogP contribution in [0.2, 0.25) is 0 Å². The fraction of sp³-hybridized carbons (Fsp3) is 0.400. The van der Waals surface area contributed by atoms with E-state index in [-0.39, 0.29) is 0 Å². The van der Waals surface area contributed by atoms with Gasteiger partial charge in [-0.1, -0.05) is 60.7 Å². The largest absolute Gasteiger partial charge is 0.376 e. The fourth-order valence-corrected chi connectivity index (χ4v) is 3.03. The molecule has 1 saturated heterocycles. The molecular formula is C20H26N2O. The van der Waals surface area contributed by atoms with Gasteiger partial charge in [0.15, 0.2) is 0 Å². The van der Waals surface area contributed by atoms with Gasteiger partial charge in [-0.05, 0) is 24.1 Å². The Kier molecular flexibility index (Phi) is 6.21. The summed E-state index contributed by atoms with van der Waals surface area (Å²) < 4.78 is 5.92. The second-order valence-electron chi connectivity index (χ2n) is 6.16. The van der Waals surface area contributed by atoms with E-state index in [1.807, 2.05) is 0 Å². The first-order valence-corrected chi connectivity index (χ1v) is 8.53. The normalized spacial score (nSPS) is 18.9. The maximum atomic E-state index is 5.92. The van der Waals surface area contributed by atoms with Gasteiger partial charge in [0.2, 0.25) is 0 Å². The Morgan fingerprint density at radius 2 is 1.65 bits per heavy atom. The van der Waals surface area contributed by atoms with Crippen LogP contribution in [0.25, 0.3) is 0 Å². The van der Waals surface area contributed by atoms with Gasteiger partial charge in [-0.25, -0.2) is 0 Å². The van der Waals surface area contributed by atoms with E-state index in [1.165, 1.54) is 11.1 Å². The number of ether oxygens (including phenoxy) is 1. The summed E-state index contributed by atoms with van der Waals surface area (Å²) in [6.07, 6.45) is 1.41. The monoisotopic (exact) mass is 310 g/mol. The van der Waals surface area contributed by atoms with E-state index in [0.717, 1.165) is 45.8 Å². The zero-order valence-corrected chi connectivity index (χ0v) is 13.7. The van der Waals surface area contributed by atoms with Crippen molar-refractivity contribution in [3.63, 3.8) is 0 Å². The molecular weight excluding hydrogens is 284 g/mol. The van der Waals surface area contributed by atoms with Gasteiger partial charge in [-0.2, -0.15) is 0 Å². The third-order valence-electron chi connectivity index (χ3n) is 4.29. The lowest BCUT2D eigenvalue weighted by Crippen LogP contribution is -2.42. The van der Waals surface area contributed by atoms with Crippen LogP contribution in [0.15, 0.2) is 60.7 Å². The number of nitrogens with one attached hydrogen (secondary N) is 1. The number of benzene rings is 2. The van der Waals surface area contributed by atoms with Gasteiger partial charge in [-0.15, -0.1) is 0 Å². The van der Waals surface area contributed by atoms with Crippen molar-refractivity contribution in [2.75, 3.05) is 26.2 Å². The van der Waals surface area contributed by atoms with Gasteiger partial charge in [0, 0.05) is 26.2 Å². The quantitative estimate of drug-likeness (QED) is 0.796. The summed E-state index contributed by atoms with van der Waals surface area (Å²) in [5.74, 6) is 0. The summed E-state index contributed by atoms with van der Waals surface area (Å²) in [5.41, 5.74) is 2.72. The molecule has 1 aliphatic heterocycles. The highest BCUT2D eigenvalue weighted by molar-refractivity contribution is 5.15. The molecule has 1 N–H and O–H groups in total. The van der Waals surface area contributed by atoms with Crippen molar-refractivity contribution >= 4 is 0 Å². The van der Waals surface area contributed by atoms with Crippen LogP contribution in [0.5, 0.6) is 0 Å². The molecule has 0 bridgehead atoms. The van der Waals surface area contributed by atoms with Crippen LogP contribution < -0.4 is 5.32 Å². The molecule has 0 aliphatic carbocycles. The lowest BCUT2D eigenvalue weighted by atomic mass is 10.1. The standard InChI is InChI=1S/C20H26N2O/c1-3-7-18(8-4-1)15-21-12-11-20-17-22(13-14-23-20)16-19-9-5-2-6-10-19/h1-10,20-21H,11-17H2. The molecule has 0 radical (unpaired) electrons. The fourth-order valence-electron chi connectivity index (χ4n) is 3.03. The topological polar surface area (TPSA) is 24.5 Å². The summed E-state index contributed by atoms with van der Waals surface area (Å²) in [7, 11) is 0. The predicted octanol–water partition coefficient (Wildman–Crippen LogP) is 3.07. The second-order valence-corrected chi connectivity index (χ2v) is 6.16. The van der Waals surface area contributed by atoms with Crippen molar-refractivity contribution in [3.8, 4) is 0 Å². The Morgan fingerprint density at radius 1 is 0.957 bits per heavy atom. The molecule has 1 heterocycles. The smallest absolute Gasteiger partial charge is 0.0714 e. The minimum atomic E-state index is 0.343. The molecule has 122 valence electrons. The van der Waals surface area contributed by atoms with Crippen molar-refractivity contribution < 1.29 is 4.74 Å². The lowest BCUT2D eigenvalue weighted by molar-refractivity contribution is -0.0344. The number of rotatable bonds is 7. The van der Waals surface area contributed by atoms with E-state index in [1.54, 1.807) is 0 Å². The second kappa shape index (κ2) is 8.82. The molecule has 0 amide bonds. The zero-order chi connectivity index (χ0) is 15.7. The van der Waals surface area contributed by atoms with Gasteiger partial charge in [0.1, 0.15) is 0 Å². The van der Waals surface area contributed by atoms with E-state index in [9.17, 15) is 0 Å². The van der Waals surface area contributed by atoms with Crippen LogP contribution in [0.3, 0.4) is 0 Å². The summed E-state index contributed by atoms with van der Waals surface area (Å²) in [4.78, 5) is 2.50. The molecule has 23 heavy (non-hydrogen) atoms. The number of nitrogens with zero attached hydrogens (tertiary/aromatic N) is 1. The molecule has 3 nitrogen and oxygen atoms in total. The third kappa shape index (κ3) is 5.47. The molecule has 1 unspecified atom stereocenters. The van der Waals surface area contributed by atoms with E-state index < -0.39 is 0 Å². The minimum Gasteiger partial charge on any atom is -0.376 e. The van der Waals surface area contributed by atoms with Crippen LogP contribution >= 0.6 is 0 Å². The van der Waals surface area contributed by atoms with E-state index in [2.05, 4.69) is 70.9 Å². The van der Waals surface area contributed by atoms with Crippen LogP contribution in [0.4, 0.5) is 0 Å². The Morgan fingerprint density at radius 3 is 2.39 bits per heavy atom. The molecule has 2 aromatic rings. The highest BCUT2D eigenvalue weighted by Gasteiger charge is 2.19. The Hall–Kier alpha value is -1.68. The predicted molar refractivity (Wildman–Crippen MR) is 94.2 cm³/mol. The summed E-state index contributed by atoms with van der Waals surface area (Å²) in [6.45, 7) is 5.86. The molecule has 1 aliphatic rings. The van der Waals surface area contributed by atoms with Gasteiger partial charge in [-0.3, -0.25) is 4.90 Å². The van der Waals surface area contributed by atoms with Crippen LogP contribution in [-0.2, 0) is 17.8 Å². The van der Waals surface area contributed by atoms with E-state index in [4.69, 9.17) is 4.74 Å². The summed E-state index contributed by atoms with van der Waals surface area (Å²) >= 11 is 0. The number of morpholine rings is 1. The molecule has 0 saturated carbocycles. The van der Waals surface area contributed by atoms with Crippen molar-refractivity contribution in [1.29, 1.82) is 0 Å². The minimum absolute atomic E-state index is 0.343. The third-order valence-corrected chi connectivity index (χ3v) is 4.29. The molecule has 1 atom stereocenters. The van der Waals surface area contributed by atoms with Gasteiger partial charge >= 0.3 is 0 Å². The maximum Gasteiger partial charge on any atom is 0.0714 e. The van der Waals surface area contributed by atoms with Crippen LogP contribution in [-0.4, -0.2) is 37.2 Å². The highest BCUT2D eigenvalue weighted by Crippen LogP contribution is 2.12. The molecule has 0 aromatic heterocycles. The lowest BCUT2D eigenvalue weighted by Gasteiger charge is -2.33. The van der Waals surface area contributed by atoms with Crippen LogP contribution in [0.1, 0.15) is 17.5 Å². The first-order valence-electron chi connectivity index (χ1n) is 8.53. The van der Waals surface area contributed by atoms with Crippen molar-refractivity contribution in [1.82, 2.24) is 10.2 Å². The van der Waals surface area contributed by atoms with Crippen molar-refractivity contribution in [2.45, 2.75) is 25.6 Å². The Bertz CT molecular complexity index is 558. The van der Waals surface area contributed by atoms with Crippen LogP contribution in [0, 0.1) is 0 Å². The number of hydrogen-bond acceptors (Lipinski definition) is 3. The SMILES string of the molecule is c1ccc(CNCCC2CN(Cc3ccccc3)CCO2)cc1. The Balaban J connectivity index is 1.37. The molecule has 3 rings (SSSR count). The summed E-state index contributed by atoms with van der Waals surface area (Å²) in [5, 5.41) is 3.51. The molecule has 1 fully saturated rings. The molecule has 2 aromatic carbocycles. The van der Waals surface area contributed by atoms with E-state index in [0.29, 0.717) is 6.10 Å². The number of hydrogen-bond donors (Lipinski definition) is 1. The maximum absolute atomic E-state index is 5.92. The Labute approximate surface area is 139 Å². The first-order chi connectivity index (χ1) is 11.4. The first kappa shape index (κ1) is 16.2. The van der Waals surface area contributed by atoms with Gasteiger partial charge in [0.25, 0.3) is 0 Å². The molecule has 3 heteroatoms. The van der Waals surface area contributed by atoms with Crippen molar-refractivity contribution in [3.05, 3.63) is 71.8 Å². The van der Waals surface area contributed by atoms with Gasteiger partial charge < -0.3 is 10.1 Å². The average Bonchev–Trinajstić information content (AvgIpc) is 2.61. The van der Waals surface area contributed by atoms with Crippen molar-refractivity contribution in [2.24, 2.45) is 0 Å². The zero-order valence-electron chi connectivity index (χ0n) is 13.7. The van der Waals surface area contributed by atoms with Gasteiger partial charge in [0.05, 0.1) is 12.7 Å². The average molecular weight is 310 g/mol. The van der Waals surface area contributed by atoms with E-state index >= 15 is 0 Å². The highest BCUT2D eigenvalue weighted by atomic mass is 16.5. The molecule has 0 spiro atoms.